The van der Waals surface area contributed by atoms with E-state index in [4.69, 9.17) is 21.4 Å². The van der Waals surface area contributed by atoms with Crippen LogP contribution in [0.4, 0.5) is 5.69 Å². The first kappa shape index (κ1) is 24.7. The summed E-state index contributed by atoms with van der Waals surface area (Å²) in [6, 6.07) is 14.2. The normalized spacial score (nSPS) is 11.0. The zero-order valence-corrected chi connectivity index (χ0v) is 22.0. The second-order valence-electron chi connectivity index (χ2n) is 8.34. The largest absolute Gasteiger partial charge is 0.507 e. The molecule has 180 valence electrons. The fourth-order valence-corrected chi connectivity index (χ4v) is 4.49. The van der Waals surface area contributed by atoms with Gasteiger partial charge in [0.1, 0.15) is 17.0 Å². The summed E-state index contributed by atoms with van der Waals surface area (Å²) >= 11 is 8.75. The van der Waals surface area contributed by atoms with Crippen LogP contribution in [0.5, 0.6) is 11.5 Å². The standard InChI is InChI=1S/C26H24BrN3O4S/c1-13(2)15-5-8-22-20(10-15)29-25(34-22)18-12-17(6-7-21(18)31)28-26(35)30-24(32)19-11-16(27)9-14(3)23(19)33-4/h5-13,31H,1-4H3,(H2,28,30,32,35). The van der Waals surface area contributed by atoms with Gasteiger partial charge in [0.25, 0.3) is 5.91 Å². The number of ether oxygens (including phenoxy) is 1. The molecule has 4 rings (SSSR count). The summed E-state index contributed by atoms with van der Waals surface area (Å²) in [6.45, 7) is 6.07. The molecule has 9 heteroatoms. The molecule has 0 aliphatic rings. The van der Waals surface area contributed by atoms with Crippen LogP contribution in [0.3, 0.4) is 0 Å². The highest BCUT2D eigenvalue weighted by molar-refractivity contribution is 9.10. The number of aromatic nitrogens is 1. The van der Waals surface area contributed by atoms with E-state index in [1.165, 1.54) is 13.2 Å². The summed E-state index contributed by atoms with van der Waals surface area (Å²) in [5.74, 6) is 0.707. The van der Waals surface area contributed by atoms with E-state index in [1.807, 2.05) is 31.2 Å². The van der Waals surface area contributed by atoms with Crippen LogP contribution >= 0.6 is 28.1 Å². The number of nitrogens with zero attached hydrogens (tertiary/aromatic N) is 1. The van der Waals surface area contributed by atoms with Gasteiger partial charge in [0.05, 0.1) is 18.2 Å². The topological polar surface area (TPSA) is 96.6 Å². The number of benzene rings is 3. The Labute approximate surface area is 216 Å². The number of carbonyl (C=O) groups is 1. The minimum Gasteiger partial charge on any atom is -0.507 e. The minimum absolute atomic E-state index is 0.00971. The number of oxazole rings is 1. The molecular weight excluding hydrogens is 530 g/mol. The predicted octanol–water partition coefficient (Wildman–Crippen LogP) is 6.53. The Kier molecular flexibility index (Phi) is 7.09. The van der Waals surface area contributed by atoms with Gasteiger partial charge in [0, 0.05) is 10.2 Å². The predicted molar refractivity (Wildman–Crippen MR) is 144 cm³/mol. The number of thiocarbonyl (C=S) groups is 1. The molecule has 0 radical (unpaired) electrons. The maximum absolute atomic E-state index is 12.8. The van der Waals surface area contributed by atoms with Crippen molar-refractivity contribution in [1.82, 2.24) is 10.3 Å². The van der Waals surface area contributed by atoms with Crippen LogP contribution < -0.4 is 15.4 Å². The number of aryl methyl sites for hydroxylation is 1. The lowest BCUT2D eigenvalue weighted by molar-refractivity contribution is 0.0974. The summed E-state index contributed by atoms with van der Waals surface area (Å²) < 4.78 is 12.0. The molecule has 0 fully saturated rings. The number of fused-ring (bicyclic) bond motifs is 1. The minimum atomic E-state index is -0.414. The molecule has 0 atom stereocenters. The van der Waals surface area contributed by atoms with Gasteiger partial charge < -0.3 is 19.6 Å². The lowest BCUT2D eigenvalue weighted by Gasteiger charge is -2.14. The van der Waals surface area contributed by atoms with Crippen LogP contribution in [0, 0.1) is 6.92 Å². The molecule has 1 amide bonds. The van der Waals surface area contributed by atoms with Crippen molar-refractivity contribution < 1.29 is 19.1 Å². The van der Waals surface area contributed by atoms with Crippen molar-refractivity contribution in [3.8, 4) is 23.0 Å². The van der Waals surface area contributed by atoms with E-state index < -0.39 is 5.91 Å². The number of amides is 1. The highest BCUT2D eigenvalue weighted by atomic mass is 79.9. The Balaban J connectivity index is 1.55. The highest BCUT2D eigenvalue weighted by Gasteiger charge is 2.18. The molecule has 0 saturated heterocycles. The molecule has 3 N–H and O–H groups in total. The van der Waals surface area contributed by atoms with Crippen molar-refractivity contribution in [2.24, 2.45) is 0 Å². The molecule has 0 spiro atoms. The summed E-state index contributed by atoms with van der Waals surface area (Å²) in [5.41, 5.74) is 4.60. The molecule has 0 saturated carbocycles. The van der Waals surface area contributed by atoms with Crippen LogP contribution in [0.25, 0.3) is 22.6 Å². The SMILES string of the molecule is COc1c(C)cc(Br)cc1C(=O)NC(=S)Nc1ccc(O)c(-c2nc3cc(C(C)C)ccc3o2)c1. The average Bonchev–Trinajstić information content (AvgIpc) is 3.23. The van der Waals surface area contributed by atoms with E-state index in [0.29, 0.717) is 39.6 Å². The molecular formula is C26H24BrN3O4S. The molecule has 35 heavy (non-hydrogen) atoms. The number of hydrogen-bond acceptors (Lipinski definition) is 6. The third-order valence-electron chi connectivity index (χ3n) is 5.48. The van der Waals surface area contributed by atoms with E-state index in [2.05, 4.69) is 45.4 Å². The van der Waals surface area contributed by atoms with Crippen LogP contribution in [0.15, 0.2) is 57.4 Å². The monoisotopic (exact) mass is 553 g/mol. The number of aromatic hydroxyl groups is 1. The third-order valence-corrected chi connectivity index (χ3v) is 6.14. The van der Waals surface area contributed by atoms with Crippen molar-refractivity contribution in [2.45, 2.75) is 26.7 Å². The Morgan fingerprint density at radius 2 is 1.94 bits per heavy atom. The fraction of sp³-hybridized carbons (Fsp3) is 0.192. The van der Waals surface area contributed by atoms with Crippen molar-refractivity contribution >= 4 is 56.0 Å². The zero-order valence-electron chi connectivity index (χ0n) is 19.6. The number of halogens is 1. The molecule has 0 aliphatic carbocycles. The first-order valence-corrected chi connectivity index (χ1v) is 12.1. The Morgan fingerprint density at radius 1 is 1.17 bits per heavy atom. The van der Waals surface area contributed by atoms with Gasteiger partial charge in [-0.15, -0.1) is 0 Å². The van der Waals surface area contributed by atoms with E-state index >= 15 is 0 Å². The van der Waals surface area contributed by atoms with Crippen LogP contribution in [0.1, 0.15) is 41.3 Å². The Morgan fingerprint density at radius 3 is 2.66 bits per heavy atom. The van der Waals surface area contributed by atoms with Crippen LogP contribution in [-0.2, 0) is 0 Å². The van der Waals surface area contributed by atoms with Gasteiger partial charge in [0.2, 0.25) is 5.89 Å². The third kappa shape index (κ3) is 5.31. The molecule has 1 aromatic heterocycles. The van der Waals surface area contributed by atoms with Gasteiger partial charge in [-0.2, -0.15) is 0 Å². The van der Waals surface area contributed by atoms with Gasteiger partial charge in [-0.1, -0.05) is 35.8 Å². The van der Waals surface area contributed by atoms with Gasteiger partial charge in [-0.3, -0.25) is 10.1 Å². The van der Waals surface area contributed by atoms with E-state index in [-0.39, 0.29) is 16.8 Å². The van der Waals surface area contributed by atoms with Gasteiger partial charge >= 0.3 is 0 Å². The number of anilines is 1. The molecule has 0 unspecified atom stereocenters. The lowest BCUT2D eigenvalue weighted by Crippen LogP contribution is -2.34. The molecule has 0 aliphatic heterocycles. The zero-order chi connectivity index (χ0) is 25.3. The van der Waals surface area contributed by atoms with Gasteiger partial charge in [-0.25, -0.2) is 4.98 Å². The van der Waals surface area contributed by atoms with E-state index in [1.54, 1.807) is 18.2 Å². The summed E-state index contributed by atoms with van der Waals surface area (Å²) in [4.78, 5) is 17.4. The smallest absolute Gasteiger partial charge is 0.261 e. The number of rotatable bonds is 5. The van der Waals surface area contributed by atoms with Crippen molar-refractivity contribution in [2.75, 3.05) is 12.4 Å². The summed E-state index contributed by atoms with van der Waals surface area (Å²) in [6.07, 6.45) is 0. The lowest BCUT2D eigenvalue weighted by atomic mass is 10.0. The Bertz CT molecular complexity index is 1450. The quantitative estimate of drug-likeness (QED) is 0.191. The number of methoxy groups -OCH3 is 1. The molecule has 0 bridgehead atoms. The molecule has 4 aromatic rings. The summed E-state index contributed by atoms with van der Waals surface area (Å²) in [5, 5.41) is 16.2. The molecule has 1 heterocycles. The number of phenols is 1. The highest BCUT2D eigenvalue weighted by Crippen LogP contribution is 2.34. The average molecular weight is 554 g/mol. The van der Waals surface area contributed by atoms with Crippen molar-refractivity contribution in [1.29, 1.82) is 0 Å². The Hall–Kier alpha value is -3.43. The van der Waals surface area contributed by atoms with Gasteiger partial charge in [0.15, 0.2) is 10.7 Å². The van der Waals surface area contributed by atoms with Gasteiger partial charge in [-0.05, 0) is 78.7 Å². The maximum Gasteiger partial charge on any atom is 0.261 e. The first-order valence-electron chi connectivity index (χ1n) is 10.9. The van der Waals surface area contributed by atoms with E-state index in [9.17, 15) is 9.90 Å². The van der Waals surface area contributed by atoms with Crippen molar-refractivity contribution in [3.05, 3.63) is 69.7 Å². The number of hydrogen-bond donors (Lipinski definition) is 3. The van der Waals surface area contributed by atoms with Crippen molar-refractivity contribution in [3.63, 3.8) is 0 Å². The fourth-order valence-electron chi connectivity index (χ4n) is 3.71. The van der Waals surface area contributed by atoms with Crippen LogP contribution in [-0.4, -0.2) is 28.2 Å². The number of carbonyl (C=O) groups excluding carboxylic acids is 1. The van der Waals surface area contributed by atoms with Crippen LogP contribution in [0.2, 0.25) is 0 Å². The molecule has 7 nitrogen and oxygen atoms in total. The second-order valence-corrected chi connectivity index (χ2v) is 9.67. The maximum atomic E-state index is 12.8. The first-order chi connectivity index (χ1) is 16.7. The van der Waals surface area contributed by atoms with E-state index in [0.717, 1.165) is 15.6 Å². The second kappa shape index (κ2) is 10.1. The number of phenolic OH excluding ortho intramolecular Hbond substituents is 1. The molecule has 3 aromatic carbocycles. The number of nitrogens with one attached hydrogen (secondary N) is 2. The summed E-state index contributed by atoms with van der Waals surface area (Å²) in [7, 11) is 1.51.